The van der Waals surface area contributed by atoms with E-state index in [0.717, 1.165) is 5.69 Å². The molecule has 0 saturated heterocycles. The number of rotatable bonds is 3. The predicted molar refractivity (Wildman–Crippen MR) is 62.8 cm³/mol. The van der Waals surface area contributed by atoms with Gasteiger partial charge >= 0.3 is 0 Å². The van der Waals surface area contributed by atoms with Gasteiger partial charge in [0.25, 0.3) is 0 Å². The number of halogens is 1. The SMILES string of the molecule is CC(C)NC(N)=NCc1ccc(Cl)cn1. The van der Waals surface area contributed by atoms with Crippen LogP contribution in [0.2, 0.25) is 5.02 Å². The largest absolute Gasteiger partial charge is 0.370 e. The quantitative estimate of drug-likeness (QED) is 0.607. The first kappa shape index (κ1) is 11.8. The number of nitrogens with one attached hydrogen (secondary N) is 1. The van der Waals surface area contributed by atoms with Gasteiger partial charge in [-0.15, -0.1) is 0 Å². The van der Waals surface area contributed by atoms with E-state index >= 15 is 0 Å². The van der Waals surface area contributed by atoms with Gasteiger partial charge in [-0.25, -0.2) is 4.99 Å². The van der Waals surface area contributed by atoms with E-state index in [4.69, 9.17) is 17.3 Å². The molecule has 0 atom stereocenters. The van der Waals surface area contributed by atoms with Gasteiger partial charge in [-0.1, -0.05) is 11.6 Å². The number of aliphatic imine (C=N–C) groups is 1. The normalized spacial score (nSPS) is 11.9. The third kappa shape index (κ3) is 4.65. The summed E-state index contributed by atoms with van der Waals surface area (Å²) in [5.74, 6) is 0.432. The monoisotopic (exact) mass is 226 g/mol. The standard InChI is InChI=1S/C10H15ClN4/c1-7(2)15-10(12)14-6-9-4-3-8(11)5-13-9/h3-5,7H,6H2,1-2H3,(H3,12,14,15). The molecule has 1 aromatic heterocycles. The van der Waals surface area contributed by atoms with Crippen LogP contribution in [-0.4, -0.2) is 17.0 Å². The fourth-order valence-electron chi connectivity index (χ4n) is 1.01. The summed E-state index contributed by atoms with van der Waals surface area (Å²) in [6, 6.07) is 3.90. The molecule has 0 amide bonds. The molecule has 1 heterocycles. The topological polar surface area (TPSA) is 63.3 Å². The Balaban J connectivity index is 2.52. The molecule has 0 bridgehead atoms. The van der Waals surface area contributed by atoms with Crippen molar-refractivity contribution in [3.8, 4) is 0 Å². The van der Waals surface area contributed by atoms with Crippen LogP contribution in [0.1, 0.15) is 19.5 Å². The zero-order chi connectivity index (χ0) is 11.3. The van der Waals surface area contributed by atoms with E-state index in [1.54, 1.807) is 12.3 Å². The molecule has 0 spiro atoms. The first-order chi connectivity index (χ1) is 7.08. The highest BCUT2D eigenvalue weighted by Crippen LogP contribution is 2.06. The molecule has 0 aromatic carbocycles. The molecule has 0 aliphatic heterocycles. The van der Waals surface area contributed by atoms with Crippen molar-refractivity contribution in [2.45, 2.75) is 26.4 Å². The van der Waals surface area contributed by atoms with Crippen LogP contribution in [0, 0.1) is 0 Å². The Labute approximate surface area is 94.6 Å². The second-order valence-corrected chi connectivity index (χ2v) is 3.90. The Morgan fingerprint density at radius 1 is 1.60 bits per heavy atom. The molecule has 1 aromatic rings. The van der Waals surface area contributed by atoms with Crippen LogP contribution in [0.3, 0.4) is 0 Å². The van der Waals surface area contributed by atoms with Crippen molar-refractivity contribution >= 4 is 17.6 Å². The lowest BCUT2D eigenvalue weighted by atomic mass is 10.3. The minimum absolute atomic E-state index is 0.284. The third-order valence-electron chi connectivity index (χ3n) is 1.64. The van der Waals surface area contributed by atoms with E-state index in [1.807, 2.05) is 19.9 Å². The lowest BCUT2D eigenvalue weighted by molar-refractivity contribution is 0.723. The fraction of sp³-hybridized carbons (Fsp3) is 0.400. The summed E-state index contributed by atoms with van der Waals surface area (Å²) in [7, 11) is 0. The van der Waals surface area contributed by atoms with Crippen LogP contribution in [0.25, 0.3) is 0 Å². The summed E-state index contributed by atoms with van der Waals surface area (Å²) in [5.41, 5.74) is 6.48. The van der Waals surface area contributed by atoms with Gasteiger partial charge in [-0.2, -0.15) is 0 Å². The first-order valence-corrected chi connectivity index (χ1v) is 5.12. The van der Waals surface area contributed by atoms with Crippen molar-refractivity contribution in [3.63, 3.8) is 0 Å². The van der Waals surface area contributed by atoms with Crippen LogP contribution in [-0.2, 0) is 6.54 Å². The molecule has 0 unspecified atom stereocenters. The molecule has 4 nitrogen and oxygen atoms in total. The number of nitrogens with zero attached hydrogens (tertiary/aromatic N) is 2. The molecule has 3 N–H and O–H groups in total. The average molecular weight is 227 g/mol. The van der Waals surface area contributed by atoms with E-state index in [0.29, 0.717) is 17.5 Å². The summed E-state index contributed by atoms with van der Waals surface area (Å²) in [5, 5.41) is 3.62. The maximum Gasteiger partial charge on any atom is 0.189 e. The highest BCUT2D eigenvalue weighted by atomic mass is 35.5. The van der Waals surface area contributed by atoms with Crippen molar-refractivity contribution in [2.24, 2.45) is 10.7 Å². The molecule has 82 valence electrons. The van der Waals surface area contributed by atoms with Gasteiger partial charge in [0.05, 0.1) is 17.3 Å². The number of hydrogen-bond donors (Lipinski definition) is 2. The fourth-order valence-corrected chi connectivity index (χ4v) is 1.12. The molecular formula is C10H15ClN4. The van der Waals surface area contributed by atoms with E-state index < -0.39 is 0 Å². The zero-order valence-corrected chi connectivity index (χ0v) is 9.62. The highest BCUT2D eigenvalue weighted by Gasteiger charge is 1.96. The first-order valence-electron chi connectivity index (χ1n) is 4.75. The van der Waals surface area contributed by atoms with Gasteiger partial charge in [0.2, 0.25) is 0 Å². The van der Waals surface area contributed by atoms with Crippen molar-refractivity contribution in [1.29, 1.82) is 0 Å². The number of hydrogen-bond acceptors (Lipinski definition) is 2. The highest BCUT2D eigenvalue weighted by molar-refractivity contribution is 6.30. The molecule has 0 aliphatic carbocycles. The Morgan fingerprint density at radius 2 is 2.33 bits per heavy atom. The van der Waals surface area contributed by atoms with E-state index in [9.17, 15) is 0 Å². The Bertz CT molecular complexity index is 332. The molecule has 0 aliphatic rings. The number of nitrogens with two attached hydrogens (primary N) is 1. The van der Waals surface area contributed by atoms with Crippen LogP contribution in [0.4, 0.5) is 0 Å². The van der Waals surface area contributed by atoms with Crippen LogP contribution in [0.5, 0.6) is 0 Å². The summed E-state index contributed by atoms with van der Waals surface area (Å²) in [6.07, 6.45) is 1.60. The summed E-state index contributed by atoms with van der Waals surface area (Å²) in [4.78, 5) is 8.25. The number of pyridine rings is 1. The second kappa shape index (κ2) is 5.56. The summed E-state index contributed by atoms with van der Waals surface area (Å²) < 4.78 is 0. The van der Waals surface area contributed by atoms with Crippen LogP contribution in [0.15, 0.2) is 23.3 Å². The van der Waals surface area contributed by atoms with Crippen molar-refractivity contribution < 1.29 is 0 Å². The number of aromatic nitrogens is 1. The van der Waals surface area contributed by atoms with E-state index in [2.05, 4.69) is 15.3 Å². The molecular weight excluding hydrogens is 212 g/mol. The van der Waals surface area contributed by atoms with Gasteiger partial charge in [-0.3, -0.25) is 4.98 Å². The lowest BCUT2D eigenvalue weighted by Gasteiger charge is -2.08. The van der Waals surface area contributed by atoms with Gasteiger partial charge in [0, 0.05) is 12.2 Å². The maximum atomic E-state index is 5.71. The minimum atomic E-state index is 0.284. The Hall–Kier alpha value is -1.29. The minimum Gasteiger partial charge on any atom is -0.370 e. The second-order valence-electron chi connectivity index (χ2n) is 3.47. The molecule has 15 heavy (non-hydrogen) atoms. The summed E-state index contributed by atoms with van der Waals surface area (Å²) in [6.45, 7) is 4.47. The van der Waals surface area contributed by atoms with Gasteiger partial charge in [0.1, 0.15) is 0 Å². The van der Waals surface area contributed by atoms with Crippen LogP contribution >= 0.6 is 11.6 Å². The van der Waals surface area contributed by atoms with E-state index in [-0.39, 0.29) is 6.04 Å². The molecule has 0 saturated carbocycles. The smallest absolute Gasteiger partial charge is 0.189 e. The molecule has 0 fully saturated rings. The third-order valence-corrected chi connectivity index (χ3v) is 1.86. The van der Waals surface area contributed by atoms with Gasteiger partial charge in [0.15, 0.2) is 5.96 Å². The average Bonchev–Trinajstić information content (AvgIpc) is 2.16. The van der Waals surface area contributed by atoms with Crippen molar-refractivity contribution in [2.75, 3.05) is 0 Å². The maximum absolute atomic E-state index is 5.71. The Morgan fingerprint density at radius 3 is 2.87 bits per heavy atom. The summed E-state index contributed by atoms with van der Waals surface area (Å²) >= 11 is 5.71. The number of guanidine groups is 1. The lowest BCUT2D eigenvalue weighted by Crippen LogP contribution is -2.36. The molecule has 0 radical (unpaired) electrons. The Kier molecular flexibility index (Phi) is 4.37. The van der Waals surface area contributed by atoms with Gasteiger partial charge < -0.3 is 11.1 Å². The molecule has 1 rings (SSSR count). The molecule has 5 heteroatoms. The van der Waals surface area contributed by atoms with Crippen molar-refractivity contribution in [1.82, 2.24) is 10.3 Å². The predicted octanol–water partition coefficient (Wildman–Crippen LogP) is 1.55. The van der Waals surface area contributed by atoms with Crippen LogP contribution < -0.4 is 11.1 Å². The zero-order valence-electron chi connectivity index (χ0n) is 8.87. The van der Waals surface area contributed by atoms with Gasteiger partial charge in [-0.05, 0) is 26.0 Å². The van der Waals surface area contributed by atoms with Crippen molar-refractivity contribution in [3.05, 3.63) is 29.0 Å². The van der Waals surface area contributed by atoms with E-state index in [1.165, 1.54) is 0 Å².